The summed E-state index contributed by atoms with van der Waals surface area (Å²) >= 11 is 3.26. The van der Waals surface area contributed by atoms with Crippen molar-refractivity contribution in [2.75, 3.05) is 6.54 Å². The van der Waals surface area contributed by atoms with Gasteiger partial charge in [0.2, 0.25) is 0 Å². The van der Waals surface area contributed by atoms with Gasteiger partial charge in [-0.1, -0.05) is 0 Å². The predicted octanol–water partition coefficient (Wildman–Crippen LogP) is 1.49. The van der Waals surface area contributed by atoms with E-state index in [-0.39, 0.29) is 5.91 Å². The highest BCUT2D eigenvalue weighted by atomic mass is 79.9. The molecule has 16 heavy (non-hydrogen) atoms. The molecule has 5 heteroatoms. The zero-order chi connectivity index (χ0) is 11.6. The summed E-state index contributed by atoms with van der Waals surface area (Å²) in [5.74, 6) is -0.257. The van der Waals surface area contributed by atoms with E-state index < -0.39 is 5.60 Å². The van der Waals surface area contributed by atoms with Crippen molar-refractivity contribution in [3.63, 3.8) is 0 Å². The number of nitrogens with one attached hydrogen (secondary N) is 1. The van der Waals surface area contributed by atoms with E-state index in [0.29, 0.717) is 16.7 Å². The number of aromatic nitrogens is 1. The lowest BCUT2D eigenvalue weighted by Crippen LogP contribution is -2.47. The van der Waals surface area contributed by atoms with Crippen LogP contribution in [0.4, 0.5) is 0 Å². The average molecular weight is 285 g/mol. The van der Waals surface area contributed by atoms with E-state index >= 15 is 0 Å². The second-order valence-corrected chi connectivity index (χ2v) is 4.95. The van der Waals surface area contributed by atoms with Crippen molar-refractivity contribution < 1.29 is 9.90 Å². The molecule has 1 aromatic heterocycles. The third-order valence-electron chi connectivity index (χ3n) is 2.84. The van der Waals surface area contributed by atoms with Crippen LogP contribution in [0.5, 0.6) is 0 Å². The highest BCUT2D eigenvalue weighted by molar-refractivity contribution is 9.10. The van der Waals surface area contributed by atoms with Crippen LogP contribution in [0.2, 0.25) is 0 Å². The van der Waals surface area contributed by atoms with E-state index in [9.17, 15) is 9.90 Å². The molecule has 1 aliphatic carbocycles. The lowest BCUT2D eigenvalue weighted by Gasteiger charge is -2.36. The Labute approximate surface area is 102 Å². The van der Waals surface area contributed by atoms with Crippen LogP contribution < -0.4 is 5.32 Å². The van der Waals surface area contributed by atoms with Crippen molar-refractivity contribution >= 4 is 21.8 Å². The summed E-state index contributed by atoms with van der Waals surface area (Å²) in [5.41, 5.74) is -0.345. The molecule has 1 aliphatic rings. The topological polar surface area (TPSA) is 62.2 Å². The largest absolute Gasteiger partial charge is 0.388 e. The minimum Gasteiger partial charge on any atom is -0.388 e. The zero-order valence-corrected chi connectivity index (χ0v) is 10.3. The first kappa shape index (κ1) is 11.5. The standard InChI is InChI=1S/C11H13BrN2O2/c12-8-3-1-6-13-9(8)10(15)14-7-11(16)4-2-5-11/h1,3,6,16H,2,4-5,7H2,(H,14,15). The van der Waals surface area contributed by atoms with Crippen molar-refractivity contribution in [2.24, 2.45) is 0 Å². The monoisotopic (exact) mass is 284 g/mol. The van der Waals surface area contributed by atoms with Crippen molar-refractivity contribution in [2.45, 2.75) is 24.9 Å². The van der Waals surface area contributed by atoms with Gasteiger partial charge in [0.15, 0.2) is 0 Å². The number of carbonyl (C=O) groups is 1. The molecule has 1 heterocycles. The average Bonchev–Trinajstić information content (AvgIpc) is 2.24. The Balaban J connectivity index is 1.96. The third-order valence-corrected chi connectivity index (χ3v) is 3.48. The normalized spacial score (nSPS) is 17.6. The Kier molecular flexibility index (Phi) is 3.25. The number of carbonyl (C=O) groups excluding carboxylic acids is 1. The molecule has 1 amide bonds. The Morgan fingerprint density at radius 3 is 2.94 bits per heavy atom. The maximum atomic E-state index is 11.7. The van der Waals surface area contributed by atoms with Gasteiger partial charge >= 0.3 is 0 Å². The molecule has 0 bridgehead atoms. The molecular formula is C11H13BrN2O2. The number of hydrogen-bond donors (Lipinski definition) is 2. The Hall–Kier alpha value is -0.940. The van der Waals surface area contributed by atoms with Crippen LogP contribution >= 0.6 is 15.9 Å². The quantitative estimate of drug-likeness (QED) is 0.884. The summed E-state index contributed by atoms with van der Waals surface area (Å²) in [6.45, 7) is 0.300. The molecule has 0 aliphatic heterocycles. The third kappa shape index (κ3) is 2.41. The molecule has 2 rings (SSSR count). The number of pyridine rings is 1. The van der Waals surface area contributed by atoms with Gasteiger partial charge in [-0.2, -0.15) is 0 Å². The van der Waals surface area contributed by atoms with Crippen LogP contribution in [0.25, 0.3) is 0 Å². The van der Waals surface area contributed by atoms with Gasteiger partial charge in [-0.15, -0.1) is 0 Å². The number of aliphatic hydroxyl groups is 1. The van der Waals surface area contributed by atoms with Gasteiger partial charge in [-0.05, 0) is 47.3 Å². The molecule has 1 fully saturated rings. The van der Waals surface area contributed by atoms with E-state index in [0.717, 1.165) is 19.3 Å². The number of halogens is 1. The Morgan fingerprint density at radius 2 is 2.38 bits per heavy atom. The first-order valence-electron chi connectivity index (χ1n) is 5.22. The summed E-state index contributed by atoms with van der Waals surface area (Å²) in [4.78, 5) is 15.7. The zero-order valence-electron chi connectivity index (χ0n) is 8.74. The Bertz CT molecular complexity index is 405. The maximum Gasteiger partial charge on any atom is 0.271 e. The molecule has 0 spiro atoms. The molecule has 0 saturated heterocycles. The Morgan fingerprint density at radius 1 is 1.62 bits per heavy atom. The van der Waals surface area contributed by atoms with Gasteiger partial charge in [0.1, 0.15) is 5.69 Å². The lowest BCUT2D eigenvalue weighted by atomic mass is 9.80. The maximum absolute atomic E-state index is 11.7. The van der Waals surface area contributed by atoms with Crippen molar-refractivity contribution in [3.8, 4) is 0 Å². The number of amides is 1. The minimum atomic E-state index is -0.698. The number of hydrogen-bond acceptors (Lipinski definition) is 3. The van der Waals surface area contributed by atoms with Crippen LogP contribution in [0.3, 0.4) is 0 Å². The van der Waals surface area contributed by atoms with Gasteiger partial charge < -0.3 is 10.4 Å². The molecule has 1 aromatic rings. The van der Waals surface area contributed by atoms with Crippen molar-refractivity contribution in [1.29, 1.82) is 0 Å². The van der Waals surface area contributed by atoms with Gasteiger partial charge in [0.25, 0.3) is 5.91 Å². The summed E-state index contributed by atoms with van der Waals surface area (Å²) in [7, 11) is 0. The van der Waals surface area contributed by atoms with Crippen molar-refractivity contribution in [1.82, 2.24) is 10.3 Å². The van der Waals surface area contributed by atoms with Crippen LogP contribution in [-0.4, -0.2) is 28.1 Å². The fraction of sp³-hybridized carbons (Fsp3) is 0.455. The molecule has 0 aromatic carbocycles. The minimum absolute atomic E-state index is 0.257. The van der Waals surface area contributed by atoms with E-state index in [1.807, 2.05) is 0 Å². The smallest absolute Gasteiger partial charge is 0.271 e. The second kappa shape index (κ2) is 4.51. The first-order valence-corrected chi connectivity index (χ1v) is 6.01. The fourth-order valence-electron chi connectivity index (χ4n) is 1.64. The number of nitrogens with zero attached hydrogens (tertiary/aromatic N) is 1. The van der Waals surface area contributed by atoms with Crippen LogP contribution in [0.1, 0.15) is 29.8 Å². The van der Waals surface area contributed by atoms with E-state index in [1.54, 1.807) is 18.3 Å². The van der Waals surface area contributed by atoms with Crippen LogP contribution in [0, 0.1) is 0 Å². The summed E-state index contributed by atoms with van der Waals surface area (Å²) in [6.07, 6.45) is 4.12. The summed E-state index contributed by atoms with van der Waals surface area (Å²) in [6, 6.07) is 3.51. The SMILES string of the molecule is O=C(NCC1(O)CCC1)c1ncccc1Br. The van der Waals surface area contributed by atoms with Gasteiger partial charge in [-0.25, -0.2) is 4.98 Å². The van der Waals surface area contributed by atoms with Gasteiger partial charge in [-0.3, -0.25) is 4.79 Å². The summed E-state index contributed by atoms with van der Waals surface area (Å²) < 4.78 is 0.660. The molecule has 0 radical (unpaired) electrons. The van der Waals surface area contributed by atoms with Crippen LogP contribution in [0.15, 0.2) is 22.8 Å². The molecule has 4 nitrogen and oxygen atoms in total. The van der Waals surface area contributed by atoms with E-state index in [4.69, 9.17) is 0 Å². The van der Waals surface area contributed by atoms with E-state index in [2.05, 4.69) is 26.2 Å². The van der Waals surface area contributed by atoms with Crippen molar-refractivity contribution in [3.05, 3.63) is 28.5 Å². The lowest BCUT2D eigenvalue weighted by molar-refractivity contribution is -0.0300. The summed E-state index contributed by atoms with van der Waals surface area (Å²) in [5, 5.41) is 12.5. The molecule has 86 valence electrons. The highest BCUT2D eigenvalue weighted by Gasteiger charge is 2.34. The van der Waals surface area contributed by atoms with Crippen LogP contribution in [-0.2, 0) is 0 Å². The molecular weight excluding hydrogens is 272 g/mol. The fourth-order valence-corrected chi connectivity index (χ4v) is 2.08. The molecule has 0 unspecified atom stereocenters. The highest BCUT2D eigenvalue weighted by Crippen LogP contribution is 2.30. The van der Waals surface area contributed by atoms with E-state index in [1.165, 1.54) is 0 Å². The number of rotatable bonds is 3. The van der Waals surface area contributed by atoms with Gasteiger partial charge in [0, 0.05) is 17.2 Å². The molecule has 2 N–H and O–H groups in total. The van der Waals surface area contributed by atoms with Gasteiger partial charge in [0.05, 0.1) is 5.60 Å². The molecule has 0 atom stereocenters. The second-order valence-electron chi connectivity index (χ2n) is 4.09. The molecule has 1 saturated carbocycles. The predicted molar refractivity (Wildman–Crippen MR) is 63.1 cm³/mol. The first-order chi connectivity index (χ1) is 7.61.